The van der Waals surface area contributed by atoms with Crippen molar-refractivity contribution in [3.8, 4) is 0 Å². The third-order valence-corrected chi connectivity index (χ3v) is 6.74. The summed E-state index contributed by atoms with van der Waals surface area (Å²) in [7, 11) is -2.36. The molecule has 1 aromatic carbocycles. The molecule has 1 unspecified atom stereocenters. The van der Waals surface area contributed by atoms with Crippen molar-refractivity contribution in [2.24, 2.45) is 7.05 Å². The van der Waals surface area contributed by atoms with Crippen LogP contribution in [-0.2, 0) is 26.6 Å². The van der Waals surface area contributed by atoms with Crippen molar-refractivity contribution in [1.29, 1.82) is 0 Å². The fourth-order valence-corrected chi connectivity index (χ4v) is 5.19. The average Bonchev–Trinajstić information content (AvgIpc) is 3.29. The average molecular weight is 420 g/mol. The first-order valence-electron chi connectivity index (χ1n) is 9.47. The maximum Gasteiger partial charge on any atom is 0.354 e. The minimum absolute atomic E-state index is 0.0293. The summed E-state index contributed by atoms with van der Waals surface area (Å²) in [6, 6.07) is 7.83. The van der Waals surface area contributed by atoms with E-state index < -0.39 is 22.0 Å². The van der Waals surface area contributed by atoms with Crippen LogP contribution in [0.2, 0.25) is 0 Å². The number of anilines is 1. The van der Waals surface area contributed by atoms with Crippen LogP contribution in [0.25, 0.3) is 0 Å². The predicted octanol–water partition coefficient (Wildman–Crippen LogP) is 2.30. The van der Waals surface area contributed by atoms with E-state index in [9.17, 15) is 18.0 Å². The molecule has 2 heterocycles. The maximum atomic E-state index is 13.2. The third-order valence-electron chi connectivity index (χ3n) is 4.86. The van der Waals surface area contributed by atoms with Gasteiger partial charge in [-0.1, -0.05) is 12.1 Å². The van der Waals surface area contributed by atoms with Gasteiger partial charge in [-0.25, -0.2) is 13.2 Å². The van der Waals surface area contributed by atoms with Gasteiger partial charge in [0.15, 0.2) is 0 Å². The highest BCUT2D eigenvalue weighted by molar-refractivity contribution is 7.89. The van der Waals surface area contributed by atoms with E-state index in [4.69, 9.17) is 4.74 Å². The minimum atomic E-state index is -3.94. The van der Waals surface area contributed by atoms with E-state index >= 15 is 0 Å². The van der Waals surface area contributed by atoms with Gasteiger partial charge in [-0.05, 0) is 50.5 Å². The number of aromatic nitrogens is 1. The standard InChI is InChI=1S/C20H25N3O5S/c1-4-28-20(25)18-12-16(13-22(18)3)29(26,27)23-10-6-9-17(23)19(24)21-15-8-5-7-14(2)11-15/h5,7-8,11-13,17H,4,6,9-10H2,1-3H3,(H,21,24). The Morgan fingerprint density at radius 2 is 2.03 bits per heavy atom. The molecule has 1 aliphatic rings. The third kappa shape index (κ3) is 4.35. The Kier molecular flexibility index (Phi) is 6.09. The number of benzene rings is 1. The first kappa shape index (κ1) is 21.1. The topological polar surface area (TPSA) is 97.7 Å². The molecule has 0 bridgehead atoms. The molecule has 3 rings (SSSR count). The van der Waals surface area contributed by atoms with Crippen LogP contribution in [0, 0.1) is 6.92 Å². The van der Waals surface area contributed by atoms with E-state index in [2.05, 4.69) is 5.32 Å². The number of amides is 1. The number of sulfonamides is 1. The Bertz CT molecular complexity index is 1030. The fourth-order valence-electron chi connectivity index (χ4n) is 3.46. The number of esters is 1. The molecule has 1 saturated heterocycles. The fraction of sp³-hybridized carbons (Fsp3) is 0.400. The molecule has 1 fully saturated rings. The summed E-state index contributed by atoms with van der Waals surface area (Å²) < 4.78 is 34.0. The second-order valence-electron chi connectivity index (χ2n) is 7.02. The van der Waals surface area contributed by atoms with E-state index in [0.717, 1.165) is 5.56 Å². The van der Waals surface area contributed by atoms with Crippen molar-refractivity contribution in [3.63, 3.8) is 0 Å². The lowest BCUT2D eigenvalue weighted by Crippen LogP contribution is -2.43. The first-order chi connectivity index (χ1) is 13.7. The van der Waals surface area contributed by atoms with Crippen LogP contribution in [0.15, 0.2) is 41.4 Å². The summed E-state index contributed by atoms with van der Waals surface area (Å²) in [5.74, 6) is -0.954. The number of nitrogens with one attached hydrogen (secondary N) is 1. The zero-order valence-corrected chi connectivity index (χ0v) is 17.5. The van der Waals surface area contributed by atoms with Gasteiger partial charge in [0.2, 0.25) is 15.9 Å². The molecular formula is C20H25N3O5S. The van der Waals surface area contributed by atoms with Crippen LogP contribution >= 0.6 is 0 Å². The van der Waals surface area contributed by atoms with Gasteiger partial charge in [0, 0.05) is 25.5 Å². The van der Waals surface area contributed by atoms with Crippen LogP contribution in [-0.4, -0.2) is 48.4 Å². The lowest BCUT2D eigenvalue weighted by molar-refractivity contribution is -0.119. The van der Waals surface area contributed by atoms with Gasteiger partial charge in [-0.15, -0.1) is 0 Å². The highest BCUT2D eigenvalue weighted by Crippen LogP contribution is 2.28. The molecule has 29 heavy (non-hydrogen) atoms. The zero-order valence-electron chi connectivity index (χ0n) is 16.7. The Labute approximate surface area is 170 Å². The van der Waals surface area contributed by atoms with Gasteiger partial charge in [0.05, 0.1) is 6.61 Å². The summed E-state index contributed by atoms with van der Waals surface area (Å²) in [6.45, 7) is 4.04. The Morgan fingerprint density at radius 1 is 1.28 bits per heavy atom. The monoisotopic (exact) mass is 419 g/mol. The summed E-state index contributed by atoms with van der Waals surface area (Å²) in [5, 5.41) is 2.81. The van der Waals surface area contributed by atoms with Crippen molar-refractivity contribution in [3.05, 3.63) is 47.8 Å². The Balaban J connectivity index is 1.83. The summed E-state index contributed by atoms with van der Waals surface area (Å²) in [4.78, 5) is 24.8. The van der Waals surface area contributed by atoms with Crippen molar-refractivity contribution in [2.75, 3.05) is 18.5 Å². The maximum absolute atomic E-state index is 13.2. The van der Waals surface area contributed by atoms with Crippen LogP contribution in [0.5, 0.6) is 0 Å². The van der Waals surface area contributed by atoms with Gasteiger partial charge in [0.25, 0.3) is 0 Å². The number of ether oxygens (including phenoxy) is 1. The number of carbonyl (C=O) groups excluding carboxylic acids is 2. The van der Waals surface area contributed by atoms with E-state index in [1.807, 2.05) is 25.1 Å². The number of rotatable bonds is 6. The van der Waals surface area contributed by atoms with Gasteiger partial charge in [0.1, 0.15) is 16.6 Å². The van der Waals surface area contributed by atoms with Crippen molar-refractivity contribution in [2.45, 2.75) is 37.6 Å². The molecule has 1 aliphatic heterocycles. The Hall–Kier alpha value is -2.65. The number of hydrogen-bond acceptors (Lipinski definition) is 5. The zero-order chi connectivity index (χ0) is 21.2. The van der Waals surface area contributed by atoms with Gasteiger partial charge >= 0.3 is 5.97 Å². The molecule has 1 atom stereocenters. The summed E-state index contributed by atoms with van der Waals surface area (Å²) in [6.07, 6.45) is 2.40. The van der Waals surface area contributed by atoms with Gasteiger partial charge in [-0.2, -0.15) is 4.31 Å². The molecule has 1 amide bonds. The Morgan fingerprint density at radius 3 is 2.72 bits per heavy atom. The lowest BCUT2D eigenvalue weighted by atomic mass is 10.2. The quantitative estimate of drug-likeness (QED) is 0.725. The number of aryl methyl sites for hydroxylation is 2. The number of nitrogens with zero attached hydrogens (tertiary/aromatic N) is 2. The second kappa shape index (κ2) is 8.38. The second-order valence-corrected chi connectivity index (χ2v) is 8.92. The van der Waals surface area contributed by atoms with Crippen LogP contribution < -0.4 is 5.32 Å². The number of hydrogen-bond donors (Lipinski definition) is 1. The first-order valence-corrected chi connectivity index (χ1v) is 10.9. The molecule has 0 spiro atoms. The summed E-state index contributed by atoms with van der Waals surface area (Å²) in [5.41, 5.74) is 1.77. The van der Waals surface area contributed by atoms with E-state index in [1.165, 1.54) is 21.1 Å². The molecule has 1 N–H and O–H groups in total. The van der Waals surface area contributed by atoms with Crippen molar-refractivity contribution in [1.82, 2.24) is 8.87 Å². The highest BCUT2D eigenvalue weighted by Gasteiger charge is 2.40. The molecule has 0 radical (unpaired) electrons. The van der Waals surface area contributed by atoms with E-state index in [1.54, 1.807) is 20.0 Å². The van der Waals surface area contributed by atoms with Gasteiger partial charge < -0.3 is 14.6 Å². The van der Waals surface area contributed by atoms with E-state index in [0.29, 0.717) is 18.5 Å². The molecule has 9 heteroatoms. The molecule has 1 aromatic heterocycles. The minimum Gasteiger partial charge on any atom is -0.461 e. The van der Waals surface area contributed by atoms with E-state index in [-0.39, 0.29) is 29.6 Å². The molecule has 156 valence electrons. The summed E-state index contributed by atoms with van der Waals surface area (Å²) >= 11 is 0. The largest absolute Gasteiger partial charge is 0.461 e. The normalized spacial score (nSPS) is 17.3. The molecule has 2 aromatic rings. The predicted molar refractivity (Wildman–Crippen MR) is 108 cm³/mol. The smallest absolute Gasteiger partial charge is 0.354 e. The van der Waals surface area contributed by atoms with Crippen molar-refractivity contribution < 1.29 is 22.7 Å². The number of carbonyl (C=O) groups is 2. The van der Waals surface area contributed by atoms with Gasteiger partial charge in [-0.3, -0.25) is 4.79 Å². The molecule has 0 aliphatic carbocycles. The molecule has 8 nitrogen and oxygen atoms in total. The molecular weight excluding hydrogens is 394 g/mol. The highest BCUT2D eigenvalue weighted by atomic mass is 32.2. The van der Waals surface area contributed by atoms with Crippen LogP contribution in [0.1, 0.15) is 35.8 Å². The lowest BCUT2D eigenvalue weighted by Gasteiger charge is -2.23. The molecule has 0 saturated carbocycles. The van der Waals surface area contributed by atoms with Crippen molar-refractivity contribution >= 4 is 27.6 Å². The van der Waals surface area contributed by atoms with Crippen LogP contribution in [0.4, 0.5) is 5.69 Å². The SMILES string of the molecule is CCOC(=O)c1cc(S(=O)(=O)N2CCCC2C(=O)Nc2cccc(C)c2)cn1C. The van der Waals surface area contributed by atoms with Crippen LogP contribution in [0.3, 0.4) is 0 Å².